The van der Waals surface area contributed by atoms with E-state index in [0.29, 0.717) is 6.42 Å². The van der Waals surface area contributed by atoms with Gasteiger partial charge in [0.25, 0.3) is 0 Å². The highest BCUT2D eigenvalue weighted by molar-refractivity contribution is 5.67. The van der Waals surface area contributed by atoms with Gasteiger partial charge in [-0.15, -0.1) is 0 Å². The SMILES string of the molecule is CC(=O)OCC1O[C@@H](O[C@H]2C(C)C(OC(C)=O)[C@H](OCCCN=[N+]=[N-])O[C@H]2COC(C)=O)C(OC(C)=O)[C@@H](C)[C@H]1OC(C)=O. The summed E-state index contributed by atoms with van der Waals surface area (Å²) < 4.78 is 51.3. The van der Waals surface area contributed by atoms with Gasteiger partial charge in [0.1, 0.15) is 31.5 Å². The molecule has 248 valence electrons. The number of ether oxygens (including phenoxy) is 9. The summed E-state index contributed by atoms with van der Waals surface area (Å²) in [7, 11) is 0. The Morgan fingerprint density at radius 2 is 1.14 bits per heavy atom. The van der Waals surface area contributed by atoms with E-state index < -0.39 is 90.9 Å². The fourth-order valence-electron chi connectivity index (χ4n) is 4.94. The first-order valence-electron chi connectivity index (χ1n) is 14.1. The van der Waals surface area contributed by atoms with Crippen molar-refractivity contribution in [1.82, 2.24) is 0 Å². The summed E-state index contributed by atoms with van der Waals surface area (Å²) in [5, 5.41) is 3.45. The molecule has 2 aliphatic rings. The van der Waals surface area contributed by atoms with E-state index in [9.17, 15) is 24.0 Å². The highest BCUT2D eigenvalue weighted by Crippen LogP contribution is 2.37. The molecule has 4 unspecified atom stereocenters. The van der Waals surface area contributed by atoms with Crippen molar-refractivity contribution in [2.75, 3.05) is 26.4 Å². The van der Waals surface area contributed by atoms with Crippen LogP contribution in [0.5, 0.6) is 0 Å². The summed E-state index contributed by atoms with van der Waals surface area (Å²) >= 11 is 0. The van der Waals surface area contributed by atoms with Crippen molar-refractivity contribution in [1.29, 1.82) is 0 Å². The third-order valence-corrected chi connectivity index (χ3v) is 6.81. The van der Waals surface area contributed by atoms with Crippen LogP contribution in [-0.4, -0.2) is 105 Å². The van der Waals surface area contributed by atoms with Gasteiger partial charge in [0, 0.05) is 57.9 Å². The Kier molecular flexibility index (Phi) is 14.8. The van der Waals surface area contributed by atoms with Crippen LogP contribution in [0.3, 0.4) is 0 Å². The molecule has 2 saturated heterocycles. The van der Waals surface area contributed by atoms with Crippen LogP contribution in [0.4, 0.5) is 0 Å². The van der Waals surface area contributed by atoms with E-state index in [0.717, 1.165) is 0 Å². The lowest BCUT2D eigenvalue weighted by molar-refractivity contribution is -0.348. The van der Waals surface area contributed by atoms with Gasteiger partial charge in [0.2, 0.25) is 0 Å². The molecular formula is C27H41N3O14. The van der Waals surface area contributed by atoms with E-state index in [1.54, 1.807) is 13.8 Å². The van der Waals surface area contributed by atoms with Gasteiger partial charge in [-0.3, -0.25) is 24.0 Å². The van der Waals surface area contributed by atoms with Crippen LogP contribution < -0.4 is 0 Å². The van der Waals surface area contributed by atoms with Crippen LogP contribution in [0.2, 0.25) is 0 Å². The van der Waals surface area contributed by atoms with Crippen molar-refractivity contribution in [2.24, 2.45) is 17.0 Å². The zero-order valence-electron chi connectivity index (χ0n) is 25.9. The fourth-order valence-corrected chi connectivity index (χ4v) is 4.94. The standard InChI is InChI=1S/C27H41N3O14/c1-13-22(39-17(5)33)20(11-37-15(3)31)43-27(25(13)41-19(7)35)44-23-14(2)24(40-18(6)34)26(36-10-8-9-29-30-28)42-21(23)12-38-16(4)32/h13-14,20-27H,8-12H2,1-7H3/t13-,14?,20?,21-,22+,23-,24?,25?,26+,27-/m0/s1. The van der Waals surface area contributed by atoms with E-state index >= 15 is 0 Å². The number of carbonyl (C=O) groups is 5. The first-order chi connectivity index (χ1) is 20.7. The Morgan fingerprint density at radius 1 is 0.682 bits per heavy atom. The van der Waals surface area contributed by atoms with Crippen molar-refractivity contribution in [3.05, 3.63) is 10.4 Å². The Morgan fingerprint density at radius 3 is 1.64 bits per heavy atom. The smallest absolute Gasteiger partial charge is 0.303 e. The molecule has 0 aromatic carbocycles. The van der Waals surface area contributed by atoms with Gasteiger partial charge in [0.05, 0.1) is 12.7 Å². The topological polar surface area (TPSA) is 217 Å². The van der Waals surface area contributed by atoms with Crippen molar-refractivity contribution in [2.45, 2.75) is 104 Å². The number of carbonyl (C=O) groups excluding carboxylic acids is 5. The second kappa shape index (κ2) is 17.7. The lowest BCUT2D eigenvalue weighted by Gasteiger charge is -2.48. The summed E-state index contributed by atoms with van der Waals surface area (Å²) in [6.45, 7) is 9.02. The molecule has 2 aliphatic heterocycles. The van der Waals surface area contributed by atoms with Crippen LogP contribution >= 0.6 is 0 Å². The number of rotatable bonds is 14. The minimum absolute atomic E-state index is 0.0904. The Labute approximate surface area is 254 Å². The van der Waals surface area contributed by atoms with E-state index in [1.165, 1.54) is 34.6 Å². The average Bonchev–Trinajstić information content (AvgIpc) is 2.92. The van der Waals surface area contributed by atoms with Gasteiger partial charge < -0.3 is 42.6 Å². The predicted octanol–water partition coefficient (Wildman–Crippen LogP) is 1.73. The average molecular weight is 632 g/mol. The number of azide groups is 1. The molecule has 17 nitrogen and oxygen atoms in total. The van der Waals surface area contributed by atoms with Gasteiger partial charge in [-0.2, -0.15) is 0 Å². The lowest BCUT2D eigenvalue weighted by Crippen LogP contribution is -2.62. The molecule has 44 heavy (non-hydrogen) atoms. The first kappa shape index (κ1) is 36.7. The quantitative estimate of drug-likeness (QED) is 0.0666. The maximum atomic E-state index is 12.1. The van der Waals surface area contributed by atoms with Crippen molar-refractivity contribution < 1.29 is 66.6 Å². The molecule has 10 atom stereocenters. The third kappa shape index (κ3) is 11.2. The van der Waals surface area contributed by atoms with Crippen LogP contribution in [0.25, 0.3) is 10.4 Å². The number of esters is 5. The van der Waals surface area contributed by atoms with Crippen molar-refractivity contribution >= 4 is 29.8 Å². The molecule has 0 saturated carbocycles. The van der Waals surface area contributed by atoms with Gasteiger partial charge in [-0.1, -0.05) is 19.0 Å². The summed E-state index contributed by atoms with van der Waals surface area (Å²) in [6, 6.07) is 0. The lowest BCUT2D eigenvalue weighted by atomic mass is 9.88. The minimum atomic E-state index is -1.32. The Balaban J connectivity index is 2.44. The molecular weight excluding hydrogens is 590 g/mol. The summed E-state index contributed by atoms with van der Waals surface area (Å²) in [6.07, 6.45) is -8.20. The van der Waals surface area contributed by atoms with E-state index in [2.05, 4.69) is 10.0 Å². The third-order valence-electron chi connectivity index (χ3n) is 6.81. The molecule has 0 amide bonds. The highest BCUT2D eigenvalue weighted by atomic mass is 16.8. The summed E-state index contributed by atoms with van der Waals surface area (Å²) in [4.78, 5) is 62.1. The van der Waals surface area contributed by atoms with Gasteiger partial charge in [-0.05, 0) is 12.0 Å². The second-order valence-electron chi connectivity index (χ2n) is 10.4. The number of hydrogen-bond donors (Lipinski definition) is 0. The second-order valence-corrected chi connectivity index (χ2v) is 10.4. The Hall–Kier alpha value is -3.50. The zero-order chi connectivity index (χ0) is 33.0. The van der Waals surface area contributed by atoms with E-state index in [-0.39, 0.29) is 26.4 Å². The summed E-state index contributed by atoms with van der Waals surface area (Å²) in [5.41, 5.74) is 8.50. The fraction of sp³-hybridized carbons (Fsp3) is 0.815. The minimum Gasteiger partial charge on any atom is -0.463 e. The molecule has 0 spiro atoms. The molecule has 0 aliphatic carbocycles. The van der Waals surface area contributed by atoms with Crippen LogP contribution in [-0.2, 0) is 66.6 Å². The van der Waals surface area contributed by atoms with Crippen molar-refractivity contribution in [3.8, 4) is 0 Å². The zero-order valence-corrected chi connectivity index (χ0v) is 25.9. The molecule has 2 fully saturated rings. The molecule has 0 N–H and O–H groups in total. The molecule has 2 heterocycles. The number of hydrogen-bond acceptors (Lipinski definition) is 15. The molecule has 2 rings (SSSR count). The molecule has 0 bridgehead atoms. The van der Waals surface area contributed by atoms with E-state index in [4.69, 9.17) is 48.2 Å². The van der Waals surface area contributed by atoms with Gasteiger partial charge in [0.15, 0.2) is 24.8 Å². The molecule has 0 aromatic rings. The highest BCUT2D eigenvalue weighted by Gasteiger charge is 2.53. The van der Waals surface area contributed by atoms with E-state index in [1.807, 2.05) is 0 Å². The normalized spacial score (nSPS) is 31.5. The molecule has 0 aromatic heterocycles. The predicted molar refractivity (Wildman–Crippen MR) is 145 cm³/mol. The molecule has 17 heteroatoms. The first-order valence-corrected chi connectivity index (χ1v) is 14.1. The Bertz CT molecular complexity index is 1060. The monoisotopic (exact) mass is 631 g/mol. The van der Waals surface area contributed by atoms with Crippen LogP contribution in [0.1, 0.15) is 54.9 Å². The summed E-state index contributed by atoms with van der Waals surface area (Å²) in [5.74, 6) is -4.51. The number of nitrogens with zero attached hydrogens (tertiary/aromatic N) is 3. The maximum absolute atomic E-state index is 12.1. The van der Waals surface area contributed by atoms with Crippen molar-refractivity contribution in [3.63, 3.8) is 0 Å². The van der Waals surface area contributed by atoms with Crippen LogP contribution in [0, 0.1) is 11.8 Å². The largest absolute Gasteiger partial charge is 0.463 e. The molecule has 0 radical (unpaired) electrons. The van der Waals surface area contributed by atoms with Gasteiger partial charge >= 0.3 is 29.8 Å². The van der Waals surface area contributed by atoms with Crippen LogP contribution in [0.15, 0.2) is 5.11 Å². The van der Waals surface area contributed by atoms with Gasteiger partial charge in [-0.25, -0.2) is 0 Å². The maximum Gasteiger partial charge on any atom is 0.303 e.